The van der Waals surface area contributed by atoms with E-state index in [0.29, 0.717) is 13.2 Å². The van der Waals surface area contributed by atoms with Crippen LogP contribution in [0.5, 0.6) is 0 Å². The van der Waals surface area contributed by atoms with Gasteiger partial charge in [-0.2, -0.15) is 0 Å². The fourth-order valence-electron chi connectivity index (χ4n) is 3.65. The molecule has 1 rings (SSSR count). The maximum Gasteiger partial charge on any atom is 0.176 e. The number of ether oxygens (including phenoxy) is 1. The monoisotopic (exact) mass is 392 g/mol. The van der Waals surface area contributed by atoms with E-state index in [1.165, 1.54) is 89.9 Å². The van der Waals surface area contributed by atoms with Crippen LogP contribution in [0.3, 0.4) is 0 Å². The van der Waals surface area contributed by atoms with E-state index < -0.39 is 6.10 Å². The molecular formula is C25H46NO2+. The van der Waals surface area contributed by atoms with E-state index in [9.17, 15) is 5.11 Å². The number of nitrogens with zero attached hydrogens (tertiary/aromatic N) is 1. The molecule has 0 fully saturated rings. The predicted molar refractivity (Wildman–Crippen MR) is 118 cm³/mol. The quantitative estimate of drug-likeness (QED) is 0.211. The Labute approximate surface area is 174 Å². The van der Waals surface area contributed by atoms with Crippen molar-refractivity contribution in [2.24, 2.45) is 0 Å². The van der Waals surface area contributed by atoms with Crippen molar-refractivity contribution in [3.05, 3.63) is 30.6 Å². The van der Waals surface area contributed by atoms with Crippen LogP contribution in [0.2, 0.25) is 0 Å². The fourth-order valence-corrected chi connectivity index (χ4v) is 3.65. The summed E-state index contributed by atoms with van der Waals surface area (Å²) in [6.07, 6.45) is 24.2. The average molecular weight is 393 g/mol. The molecule has 0 aromatic carbocycles. The summed E-state index contributed by atoms with van der Waals surface area (Å²) in [5.74, 6) is 0. The van der Waals surface area contributed by atoms with Crippen molar-refractivity contribution in [3.63, 3.8) is 0 Å². The summed E-state index contributed by atoms with van der Waals surface area (Å²) in [6, 6.07) is 5.93. The number of rotatable bonds is 20. The largest absolute Gasteiger partial charge is 0.384 e. The third kappa shape index (κ3) is 16.1. The molecule has 1 N–H and O–H groups in total. The number of hydrogen-bond donors (Lipinski definition) is 1. The van der Waals surface area contributed by atoms with Gasteiger partial charge in [0.05, 0.1) is 6.61 Å². The zero-order chi connectivity index (χ0) is 20.1. The van der Waals surface area contributed by atoms with Gasteiger partial charge in [0.2, 0.25) is 0 Å². The first-order chi connectivity index (χ1) is 13.8. The molecule has 0 aliphatic carbocycles. The maximum atomic E-state index is 9.98. The SMILES string of the molecule is CCCCCCCCCCCCCCCCCOCC(O)C[n+]1ccccc1. The smallest absolute Gasteiger partial charge is 0.176 e. The molecule has 1 atom stereocenters. The van der Waals surface area contributed by atoms with E-state index in [1.807, 2.05) is 35.2 Å². The Bertz CT molecular complexity index is 424. The molecular weight excluding hydrogens is 346 g/mol. The molecule has 0 saturated heterocycles. The summed E-state index contributed by atoms with van der Waals surface area (Å²) in [5.41, 5.74) is 0. The Morgan fingerprint density at radius 1 is 0.679 bits per heavy atom. The van der Waals surface area contributed by atoms with Crippen molar-refractivity contribution >= 4 is 0 Å². The summed E-state index contributed by atoms with van der Waals surface area (Å²) >= 11 is 0. The topological polar surface area (TPSA) is 33.3 Å². The van der Waals surface area contributed by atoms with Crippen molar-refractivity contribution in [1.82, 2.24) is 0 Å². The average Bonchev–Trinajstić information content (AvgIpc) is 2.71. The lowest BCUT2D eigenvalue weighted by molar-refractivity contribution is -0.703. The normalized spacial score (nSPS) is 12.4. The summed E-state index contributed by atoms with van der Waals surface area (Å²) in [5, 5.41) is 9.98. The number of aliphatic hydroxyl groups excluding tert-OH is 1. The molecule has 1 unspecified atom stereocenters. The second-order valence-electron chi connectivity index (χ2n) is 8.25. The van der Waals surface area contributed by atoms with Gasteiger partial charge in [0.1, 0.15) is 6.10 Å². The third-order valence-electron chi connectivity index (χ3n) is 5.40. The number of pyridine rings is 1. The van der Waals surface area contributed by atoms with E-state index in [1.54, 1.807) is 0 Å². The Morgan fingerprint density at radius 3 is 1.64 bits per heavy atom. The number of aromatic nitrogens is 1. The van der Waals surface area contributed by atoms with Gasteiger partial charge < -0.3 is 9.84 Å². The predicted octanol–water partition coefficient (Wildman–Crippen LogP) is 6.22. The van der Waals surface area contributed by atoms with E-state index in [0.717, 1.165) is 13.0 Å². The van der Waals surface area contributed by atoms with E-state index in [-0.39, 0.29) is 0 Å². The minimum Gasteiger partial charge on any atom is -0.384 e. The highest BCUT2D eigenvalue weighted by molar-refractivity contribution is 4.83. The van der Waals surface area contributed by atoms with Crippen LogP contribution in [-0.4, -0.2) is 24.4 Å². The van der Waals surface area contributed by atoms with E-state index in [2.05, 4.69) is 6.92 Å². The van der Waals surface area contributed by atoms with Crippen LogP contribution >= 0.6 is 0 Å². The van der Waals surface area contributed by atoms with Gasteiger partial charge in [-0.25, -0.2) is 4.57 Å². The molecule has 0 radical (unpaired) electrons. The van der Waals surface area contributed by atoms with Gasteiger partial charge in [-0.3, -0.25) is 0 Å². The van der Waals surface area contributed by atoms with Gasteiger partial charge in [0, 0.05) is 18.7 Å². The maximum absolute atomic E-state index is 9.98. The second-order valence-corrected chi connectivity index (χ2v) is 8.25. The lowest BCUT2D eigenvalue weighted by atomic mass is 10.0. The van der Waals surface area contributed by atoms with Crippen LogP contribution in [0.15, 0.2) is 30.6 Å². The minimum absolute atomic E-state index is 0.427. The Hall–Kier alpha value is -0.930. The Balaban J connectivity index is 1.74. The first-order valence-electron chi connectivity index (χ1n) is 12.0. The fraction of sp³-hybridized carbons (Fsp3) is 0.800. The van der Waals surface area contributed by atoms with Crippen LogP contribution < -0.4 is 4.57 Å². The van der Waals surface area contributed by atoms with Crippen molar-refractivity contribution in [3.8, 4) is 0 Å². The zero-order valence-corrected chi connectivity index (χ0v) is 18.5. The van der Waals surface area contributed by atoms with Crippen LogP contribution in [0.25, 0.3) is 0 Å². The minimum atomic E-state index is -0.427. The summed E-state index contributed by atoms with van der Waals surface area (Å²) in [4.78, 5) is 0. The molecule has 3 nitrogen and oxygen atoms in total. The molecule has 0 amide bonds. The van der Waals surface area contributed by atoms with Gasteiger partial charge in [-0.15, -0.1) is 0 Å². The number of hydrogen-bond acceptors (Lipinski definition) is 2. The van der Waals surface area contributed by atoms with Crippen LogP contribution in [-0.2, 0) is 11.3 Å². The third-order valence-corrected chi connectivity index (χ3v) is 5.40. The molecule has 1 aromatic heterocycles. The molecule has 0 aliphatic rings. The first kappa shape index (κ1) is 25.1. The molecule has 1 aromatic rings. The van der Waals surface area contributed by atoms with Gasteiger partial charge >= 0.3 is 0 Å². The molecule has 0 bridgehead atoms. The molecule has 1 heterocycles. The highest BCUT2D eigenvalue weighted by atomic mass is 16.5. The van der Waals surface area contributed by atoms with Crippen molar-refractivity contribution < 1.29 is 14.4 Å². The zero-order valence-electron chi connectivity index (χ0n) is 18.5. The standard InChI is InChI=1S/C25H46NO2/c1-2-3-4-5-6-7-8-9-10-11-12-13-14-15-19-22-28-24-25(27)23-26-20-17-16-18-21-26/h16-18,20-21,25,27H,2-15,19,22-24H2,1H3/q+1. The molecule has 0 saturated carbocycles. The van der Waals surface area contributed by atoms with Gasteiger partial charge in [0.15, 0.2) is 18.9 Å². The van der Waals surface area contributed by atoms with E-state index >= 15 is 0 Å². The number of unbranched alkanes of at least 4 members (excludes halogenated alkanes) is 14. The van der Waals surface area contributed by atoms with Crippen molar-refractivity contribution in [2.45, 2.75) is 116 Å². The molecule has 28 heavy (non-hydrogen) atoms. The van der Waals surface area contributed by atoms with Crippen LogP contribution in [0, 0.1) is 0 Å². The molecule has 162 valence electrons. The lowest BCUT2D eigenvalue weighted by Crippen LogP contribution is -2.40. The van der Waals surface area contributed by atoms with Crippen molar-refractivity contribution in [2.75, 3.05) is 13.2 Å². The first-order valence-corrected chi connectivity index (χ1v) is 12.0. The Kier molecular flexibility index (Phi) is 17.4. The summed E-state index contributed by atoms with van der Waals surface area (Å²) in [7, 11) is 0. The van der Waals surface area contributed by atoms with Crippen LogP contribution in [0.4, 0.5) is 0 Å². The summed E-state index contributed by atoms with van der Waals surface area (Å²) in [6.45, 7) is 4.08. The van der Waals surface area contributed by atoms with Crippen LogP contribution in [0.1, 0.15) is 103 Å². The molecule has 0 aliphatic heterocycles. The molecule has 3 heteroatoms. The highest BCUT2D eigenvalue weighted by Crippen LogP contribution is 2.13. The summed E-state index contributed by atoms with van der Waals surface area (Å²) < 4.78 is 7.61. The highest BCUT2D eigenvalue weighted by Gasteiger charge is 2.10. The lowest BCUT2D eigenvalue weighted by Gasteiger charge is -2.08. The molecule has 0 spiro atoms. The number of aliphatic hydroxyl groups is 1. The van der Waals surface area contributed by atoms with Gasteiger partial charge in [0.25, 0.3) is 0 Å². The van der Waals surface area contributed by atoms with Crippen molar-refractivity contribution in [1.29, 1.82) is 0 Å². The Morgan fingerprint density at radius 2 is 1.14 bits per heavy atom. The second kappa shape index (κ2) is 19.4. The van der Waals surface area contributed by atoms with Gasteiger partial charge in [-0.1, -0.05) is 103 Å². The van der Waals surface area contributed by atoms with Gasteiger partial charge in [-0.05, 0) is 6.42 Å². The van der Waals surface area contributed by atoms with E-state index in [4.69, 9.17) is 4.74 Å².